The van der Waals surface area contributed by atoms with Gasteiger partial charge in [-0.3, -0.25) is 14.9 Å². The molecular formula is C19H18N4O3. The number of hydrogen-bond donors (Lipinski definition) is 1. The first-order valence-corrected chi connectivity index (χ1v) is 8.11. The van der Waals surface area contributed by atoms with Crippen molar-refractivity contribution >= 4 is 11.6 Å². The van der Waals surface area contributed by atoms with Gasteiger partial charge in [-0.25, -0.2) is 4.98 Å². The summed E-state index contributed by atoms with van der Waals surface area (Å²) >= 11 is 0. The average Bonchev–Trinajstić information content (AvgIpc) is 3.13. The Morgan fingerprint density at radius 1 is 1.19 bits per heavy atom. The van der Waals surface area contributed by atoms with Crippen LogP contribution >= 0.6 is 0 Å². The molecule has 3 rings (SSSR count). The number of nitro benzene ring substituents is 1. The largest absolute Gasteiger partial charge is 0.348 e. The lowest BCUT2D eigenvalue weighted by Crippen LogP contribution is -2.24. The van der Waals surface area contributed by atoms with Gasteiger partial charge in [0, 0.05) is 31.0 Å². The number of para-hydroxylation sites is 1. The zero-order chi connectivity index (χ0) is 18.5. The van der Waals surface area contributed by atoms with Gasteiger partial charge in [0.25, 0.3) is 11.6 Å². The average molecular weight is 350 g/mol. The molecule has 1 aromatic heterocycles. The zero-order valence-corrected chi connectivity index (χ0v) is 14.3. The van der Waals surface area contributed by atoms with Crippen molar-refractivity contribution in [1.29, 1.82) is 0 Å². The monoisotopic (exact) mass is 350 g/mol. The van der Waals surface area contributed by atoms with Crippen molar-refractivity contribution in [2.45, 2.75) is 20.0 Å². The minimum Gasteiger partial charge on any atom is -0.348 e. The zero-order valence-electron chi connectivity index (χ0n) is 14.3. The topological polar surface area (TPSA) is 90.1 Å². The maximum Gasteiger partial charge on any atom is 0.285 e. The van der Waals surface area contributed by atoms with Crippen LogP contribution in [0.5, 0.6) is 0 Å². The lowest BCUT2D eigenvalue weighted by molar-refractivity contribution is -0.385. The Labute approximate surface area is 150 Å². The molecule has 0 bridgehead atoms. The van der Waals surface area contributed by atoms with Crippen molar-refractivity contribution in [2.75, 3.05) is 0 Å². The van der Waals surface area contributed by atoms with Gasteiger partial charge in [0.1, 0.15) is 5.56 Å². The van der Waals surface area contributed by atoms with Crippen LogP contribution < -0.4 is 5.32 Å². The highest BCUT2D eigenvalue weighted by atomic mass is 16.6. The molecule has 0 aliphatic rings. The summed E-state index contributed by atoms with van der Waals surface area (Å²) < 4.78 is 1.94. The smallest absolute Gasteiger partial charge is 0.285 e. The summed E-state index contributed by atoms with van der Waals surface area (Å²) in [4.78, 5) is 27.3. The Hall–Kier alpha value is -3.48. The summed E-state index contributed by atoms with van der Waals surface area (Å²) in [5.41, 5.74) is 2.37. The number of amides is 1. The molecule has 0 aliphatic heterocycles. The predicted octanol–water partition coefficient (Wildman–Crippen LogP) is 3.08. The van der Waals surface area contributed by atoms with Crippen molar-refractivity contribution < 1.29 is 9.72 Å². The number of aromatic nitrogens is 2. The summed E-state index contributed by atoms with van der Waals surface area (Å²) in [6.45, 7) is 2.54. The van der Waals surface area contributed by atoms with E-state index in [0.717, 1.165) is 11.1 Å². The van der Waals surface area contributed by atoms with Gasteiger partial charge < -0.3 is 9.88 Å². The van der Waals surface area contributed by atoms with Gasteiger partial charge in [-0.15, -0.1) is 0 Å². The summed E-state index contributed by atoms with van der Waals surface area (Å²) in [6, 6.07) is 12.5. The quantitative estimate of drug-likeness (QED) is 0.546. The Morgan fingerprint density at radius 2 is 1.96 bits per heavy atom. The van der Waals surface area contributed by atoms with Crippen molar-refractivity contribution in [3.8, 4) is 0 Å². The summed E-state index contributed by atoms with van der Waals surface area (Å²) in [6.07, 6.45) is 5.30. The molecule has 0 atom stereocenters. The minimum atomic E-state index is -0.517. The second-order valence-electron chi connectivity index (χ2n) is 5.91. The molecule has 0 unspecified atom stereocenters. The van der Waals surface area contributed by atoms with E-state index in [1.807, 2.05) is 35.0 Å². The number of hydrogen-bond acceptors (Lipinski definition) is 4. The van der Waals surface area contributed by atoms with Gasteiger partial charge >= 0.3 is 0 Å². The second-order valence-corrected chi connectivity index (χ2v) is 5.91. The molecule has 0 radical (unpaired) electrons. The highest BCUT2D eigenvalue weighted by Crippen LogP contribution is 2.23. The SMILES string of the molecule is Cc1cccc(C(=O)NCc2ccccc2Cn2ccnc2)c1[N+](=O)[O-]. The number of imidazole rings is 1. The third-order valence-electron chi connectivity index (χ3n) is 4.13. The fourth-order valence-electron chi connectivity index (χ4n) is 2.82. The first-order valence-electron chi connectivity index (χ1n) is 8.11. The molecule has 0 spiro atoms. The number of nitrogens with zero attached hydrogens (tertiary/aromatic N) is 3. The van der Waals surface area contributed by atoms with E-state index in [4.69, 9.17) is 0 Å². The number of rotatable bonds is 6. The Balaban J connectivity index is 1.77. The van der Waals surface area contributed by atoms with Crippen LogP contribution in [0.25, 0.3) is 0 Å². The lowest BCUT2D eigenvalue weighted by Gasteiger charge is -2.12. The first-order chi connectivity index (χ1) is 12.6. The van der Waals surface area contributed by atoms with Crippen molar-refractivity contribution in [3.63, 3.8) is 0 Å². The molecule has 2 aromatic carbocycles. The lowest BCUT2D eigenvalue weighted by atomic mass is 10.1. The fraction of sp³-hybridized carbons (Fsp3) is 0.158. The number of carbonyl (C=O) groups excluding carboxylic acids is 1. The van der Waals surface area contributed by atoms with Crippen LogP contribution in [0.1, 0.15) is 27.0 Å². The molecule has 0 saturated heterocycles. The van der Waals surface area contributed by atoms with Gasteiger partial charge in [0.15, 0.2) is 0 Å². The molecule has 0 saturated carbocycles. The van der Waals surface area contributed by atoms with Crippen molar-refractivity contribution in [2.24, 2.45) is 0 Å². The highest BCUT2D eigenvalue weighted by Gasteiger charge is 2.22. The van der Waals surface area contributed by atoms with Crippen LogP contribution in [0.15, 0.2) is 61.2 Å². The van der Waals surface area contributed by atoms with E-state index in [-0.39, 0.29) is 17.8 Å². The van der Waals surface area contributed by atoms with Crippen molar-refractivity contribution in [1.82, 2.24) is 14.9 Å². The molecule has 1 heterocycles. The van der Waals surface area contributed by atoms with Gasteiger partial charge in [0.2, 0.25) is 0 Å². The fourth-order valence-corrected chi connectivity index (χ4v) is 2.82. The molecule has 0 fully saturated rings. The van der Waals surface area contributed by atoms with Gasteiger partial charge in [-0.1, -0.05) is 36.4 Å². The third-order valence-corrected chi connectivity index (χ3v) is 4.13. The van der Waals surface area contributed by atoms with E-state index in [1.54, 1.807) is 31.6 Å². The molecule has 0 aliphatic carbocycles. The number of nitrogens with one attached hydrogen (secondary N) is 1. The minimum absolute atomic E-state index is 0.0714. The Kier molecular flexibility index (Phi) is 5.07. The molecule has 132 valence electrons. The van der Waals surface area contributed by atoms with E-state index in [9.17, 15) is 14.9 Å². The number of nitro groups is 1. The molecule has 3 aromatic rings. The van der Waals surface area contributed by atoms with Crippen LogP contribution in [0.2, 0.25) is 0 Å². The Morgan fingerprint density at radius 3 is 2.65 bits per heavy atom. The van der Waals surface area contributed by atoms with Crippen LogP contribution in [0, 0.1) is 17.0 Å². The Bertz CT molecular complexity index is 936. The van der Waals surface area contributed by atoms with E-state index >= 15 is 0 Å². The van der Waals surface area contributed by atoms with Crippen LogP contribution in [-0.4, -0.2) is 20.4 Å². The number of carbonyl (C=O) groups is 1. The first kappa shape index (κ1) is 17.3. The van der Waals surface area contributed by atoms with Gasteiger partial charge in [-0.05, 0) is 24.1 Å². The van der Waals surface area contributed by atoms with Gasteiger partial charge in [0.05, 0.1) is 11.3 Å². The third kappa shape index (κ3) is 3.77. The maximum atomic E-state index is 12.5. The number of aryl methyl sites for hydroxylation is 1. The molecule has 7 nitrogen and oxygen atoms in total. The number of benzene rings is 2. The maximum absolute atomic E-state index is 12.5. The summed E-state index contributed by atoms with van der Waals surface area (Å²) in [7, 11) is 0. The normalized spacial score (nSPS) is 10.5. The van der Waals surface area contributed by atoms with E-state index in [1.165, 1.54) is 6.07 Å². The summed E-state index contributed by atoms with van der Waals surface area (Å²) in [5, 5.41) is 14.1. The second kappa shape index (κ2) is 7.60. The molecule has 7 heteroatoms. The van der Waals surface area contributed by atoms with Crippen LogP contribution in [0.3, 0.4) is 0 Å². The van der Waals surface area contributed by atoms with Crippen LogP contribution in [-0.2, 0) is 13.1 Å². The van der Waals surface area contributed by atoms with E-state index in [2.05, 4.69) is 10.3 Å². The standard InChI is InChI=1S/C19H18N4O3/c1-14-5-4-8-17(18(14)23(25)26)19(24)21-11-15-6-2-3-7-16(15)12-22-10-9-20-13-22/h2-10,13H,11-12H2,1H3,(H,21,24). The molecule has 1 amide bonds. The van der Waals surface area contributed by atoms with E-state index < -0.39 is 10.8 Å². The van der Waals surface area contributed by atoms with E-state index in [0.29, 0.717) is 12.1 Å². The molecular weight excluding hydrogens is 332 g/mol. The highest BCUT2D eigenvalue weighted by molar-refractivity contribution is 5.98. The molecule has 1 N–H and O–H groups in total. The van der Waals surface area contributed by atoms with Crippen molar-refractivity contribution in [3.05, 3.63) is 93.6 Å². The van der Waals surface area contributed by atoms with Gasteiger partial charge in [-0.2, -0.15) is 0 Å². The van der Waals surface area contributed by atoms with Crippen LogP contribution in [0.4, 0.5) is 5.69 Å². The molecule has 26 heavy (non-hydrogen) atoms. The summed E-state index contributed by atoms with van der Waals surface area (Å²) in [5.74, 6) is -0.460. The predicted molar refractivity (Wildman–Crippen MR) is 96.8 cm³/mol.